The van der Waals surface area contributed by atoms with E-state index in [1.807, 2.05) is 0 Å². The molecule has 0 spiro atoms. The van der Waals surface area contributed by atoms with E-state index in [1.165, 1.54) is 11.8 Å². The van der Waals surface area contributed by atoms with Crippen LogP contribution in [0.25, 0.3) is 11.6 Å². The summed E-state index contributed by atoms with van der Waals surface area (Å²) in [4.78, 5) is 4.21. The van der Waals surface area contributed by atoms with Crippen LogP contribution in [0.4, 0.5) is 0 Å². The van der Waals surface area contributed by atoms with E-state index in [4.69, 9.17) is 8.94 Å². The third-order valence-electron chi connectivity index (χ3n) is 2.12. The molecule has 0 aliphatic carbocycles. The Labute approximate surface area is 105 Å². The van der Waals surface area contributed by atoms with Gasteiger partial charge in [0.15, 0.2) is 5.76 Å². The number of tetrazole rings is 1. The lowest BCUT2D eigenvalue weighted by Gasteiger charge is -1.93. The molecule has 0 unspecified atom stereocenters. The lowest BCUT2D eigenvalue weighted by molar-refractivity contribution is 0.390. The van der Waals surface area contributed by atoms with Crippen LogP contribution in [0.3, 0.4) is 0 Å². The van der Waals surface area contributed by atoms with Crippen LogP contribution in [0, 0.1) is 0 Å². The van der Waals surface area contributed by atoms with Gasteiger partial charge in [-0.3, -0.25) is 0 Å². The second-order valence-corrected chi connectivity index (χ2v) is 4.31. The van der Waals surface area contributed by atoms with Crippen molar-refractivity contribution in [2.24, 2.45) is 7.05 Å². The summed E-state index contributed by atoms with van der Waals surface area (Å²) in [6, 6.07) is 3.54. The minimum atomic E-state index is 0.437. The predicted octanol–water partition coefficient (Wildman–Crippen LogP) is 1.15. The SMILES string of the molecule is Cn1nnnc1SCc1nc(-c2ccco2)no1. The van der Waals surface area contributed by atoms with E-state index >= 15 is 0 Å². The van der Waals surface area contributed by atoms with Gasteiger partial charge in [0.05, 0.1) is 12.0 Å². The van der Waals surface area contributed by atoms with Gasteiger partial charge in [0.1, 0.15) is 0 Å². The van der Waals surface area contributed by atoms with Crippen LogP contribution in [0.1, 0.15) is 5.89 Å². The molecule has 0 saturated heterocycles. The Morgan fingerprint density at radius 3 is 3.11 bits per heavy atom. The van der Waals surface area contributed by atoms with Gasteiger partial charge in [-0.05, 0) is 22.6 Å². The largest absolute Gasteiger partial charge is 0.461 e. The van der Waals surface area contributed by atoms with Crippen LogP contribution in [-0.4, -0.2) is 30.3 Å². The maximum Gasteiger partial charge on any atom is 0.238 e. The zero-order valence-electron chi connectivity index (χ0n) is 9.35. The van der Waals surface area contributed by atoms with E-state index in [2.05, 4.69) is 25.7 Å². The first kappa shape index (κ1) is 11.0. The minimum Gasteiger partial charge on any atom is -0.461 e. The highest BCUT2D eigenvalue weighted by Gasteiger charge is 2.12. The lowest BCUT2D eigenvalue weighted by atomic mass is 10.4. The first-order valence-corrected chi connectivity index (χ1v) is 6.03. The monoisotopic (exact) mass is 264 g/mol. The normalized spacial score (nSPS) is 10.9. The Bertz CT molecular complexity index is 631. The molecule has 0 bridgehead atoms. The summed E-state index contributed by atoms with van der Waals surface area (Å²) in [5, 5.41) is 15.6. The molecule has 0 aliphatic rings. The summed E-state index contributed by atoms with van der Waals surface area (Å²) in [7, 11) is 1.77. The lowest BCUT2D eigenvalue weighted by Crippen LogP contribution is -1.93. The molecular weight excluding hydrogens is 256 g/mol. The predicted molar refractivity (Wildman–Crippen MR) is 60.4 cm³/mol. The average Bonchev–Trinajstić information content (AvgIpc) is 3.08. The second-order valence-electron chi connectivity index (χ2n) is 3.36. The van der Waals surface area contributed by atoms with Crippen LogP contribution in [0.2, 0.25) is 0 Å². The maximum absolute atomic E-state index is 5.17. The van der Waals surface area contributed by atoms with Crippen molar-refractivity contribution in [2.75, 3.05) is 0 Å². The van der Waals surface area contributed by atoms with E-state index in [-0.39, 0.29) is 0 Å². The van der Waals surface area contributed by atoms with Crippen LogP contribution >= 0.6 is 11.8 Å². The fourth-order valence-electron chi connectivity index (χ4n) is 1.29. The van der Waals surface area contributed by atoms with Crippen molar-refractivity contribution in [2.45, 2.75) is 10.9 Å². The molecule has 92 valence electrons. The first-order chi connectivity index (χ1) is 8.83. The minimum absolute atomic E-state index is 0.437. The summed E-state index contributed by atoms with van der Waals surface area (Å²) < 4.78 is 11.9. The van der Waals surface area contributed by atoms with Crippen molar-refractivity contribution in [3.05, 3.63) is 24.3 Å². The smallest absolute Gasteiger partial charge is 0.238 e. The van der Waals surface area contributed by atoms with Crippen molar-refractivity contribution >= 4 is 11.8 Å². The molecule has 0 radical (unpaired) electrons. The van der Waals surface area contributed by atoms with Gasteiger partial charge >= 0.3 is 0 Å². The van der Waals surface area contributed by atoms with Gasteiger partial charge in [-0.15, -0.1) is 5.10 Å². The number of hydrogen-bond donors (Lipinski definition) is 0. The Morgan fingerprint density at radius 2 is 2.39 bits per heavy atom. The molecular formula is C9H8N6O2S. The molecule has 0 N–H and O–H groups in total. The molecule has 0 saturated carbocycles. The highest BCUT2D eigenvalue weighted by molar-refractivity contribution is 7.98. The van der Waals surface area contributed by atoms with E-state index in [1.54, 1.807) is 30.1 Å². The molecule has 3 rings (SSSR count). The molecule has 3 aromatic heterocycles. The Kier molecular flexibility index (Phi) is 2.81. The number of thioether (sulfide) groups is 1. The molecule has 0 fully saturated rings. The van der Waals surface area contributed by atoms with Gasteiger partial charge in [0.25, 0.3) is 0 Å². The molecule has 0 atom stereocenters. The van der Waals surface area contributed by atoms with E-state index < -0.39 is 0 Å². The summed E-state index contributed by atoms with van der Waals surface area (Å²) in [5.74, 6) is 2.01. The number of nitrogens with zero attached hydrogens (tertiary/aromatic N) is 6. The van der Waals surface area contributed by atoms with Gasteiger partial charge in [-0.25, -0.2) is 4.68 Å². The maximum atomic E-state index is 5.17. The Morgan fingerprint density at radius 1 is 1.44 bits per heavy atom. The Balaban J connectivity index is 1.69. The van der Waals surface area contributed by atoms with Crippen LogP contribution < -0.4 is 0 Å². The second kappa shape index (κ2) is 4.61. The van der Waals surface area contributed by atoms with E-state index in [0.29, 0.717) is 28.4 Å². The third kappa shape index (κ3) is 2.12. The first-order valence-electron chi connectivity index (χ1n) is 5.04. The molecule has 3 heterocycles. The number of hydrogen-bond acceptors (Lipinski definition) is 8. The van der Waals surface area contributed by atoms with Crippen molar-refractivity contribution in [1.29, 1.82) is 0 Å². The van der Waals surface area contributed by atoms with E-state index in [9.17, 15) is 0 Å². The topological polar surface area (TPSA) is 95.7 Å². The summed E-state index contributed by atoms with van der Waals surface area (Å²) in [5.41, 5.74) is 0. The summed E-state index contributed by atoms with van der Waals surface area (Å²) >= 11 is 1.42. The zero-order chi connectivity index (χ0) is 12.4. The van der Waals surface area contributed by atoms with Gasteiger partial charge in [-0.1, -0.05) is 16.9 Å². The van der Waals surface area contributed by atoms with Crippen LogP contribution in [0.5, 0.6) is 0 Å². The fourth-order valence-corrected chi connectivity index (χ4v) is 1.98. The molecule has 0 amide bonds. The number of aromatic nitrogens is 6. The molecule has 0 aromatic carbocycles. The van der Waals surface area contributed by atoms with Crippen molar-refractivity contribution in [1.82, 2.24) is 30.3 Å². The van der Waals surface area contributed by atoms with Gasteiger partial charge in [0, 0.05) is 7.05 Å². The van der Waals surface area contributed by atoms with Crippen molar-refractivity contribution in [3.8, 4) is 11.6 Å². The standard InChI is InChI=1S/C9H8N6O2S/c1-15-9(11-13-14-15)18-5-7-10-8(12-17-7)6-3-2-4-16-6/h2-4H,5H2,1H3. The molecule has 3 aromatic rings. The highest BCUT2D eigenvalue weighted by atomic mass is 32.2. The number of furan rings is 1. The molecule has 9 heteroatoms. The fraction of sp³-hybridized carbons (Fsp3) is 0.222. The zero-order valence-corrected chi connectivity index (χ0v) is 10.2. The van der Waals surface area contributed by atoms with Crippen molar-refractivity contribution in [3.63, 3.8) is 0 Å². The van der Waals surface area contributed by atoms with Crippen LogP contribution in [-0.2, 0) is 12.8 Å². The quantitative estimate of drug-likeness (QED) is 0.647. The summed E-state index contributed by atoms with van der Waals surface area (Å²) in [6.45, 7) is 0. The van der Waals surface area contributed by atoms with E-state index in [0.717, 1.165) is 0 Å². The molecule has 18 heavy (non-hydrogen) atoms. The summed E-state index contributed by atoms with van der Waals surface area (Å²) in [6.07, 6.45) is 1.56. The molecule has 0 aliphatic heterocycles. The molecule has 8 nitrogen and oxygen atoms in total. The Hall–Kier alpha value is -2.16. The van der Waals surface area contributed by atoms with Crippen LogP contribution in [0.15, 0.2) is 32.5 Å². The highest BCUT2D eigenvalue weighted by Crippen LogP contribution is 2.21. The van der Waals surface area contributed by atoms with Gasteiger partial charge in [-0.2, -0.15) is 4.98 Å². The average molecular weight is 264 g/mol. The van der Waals surface area contributed by atoms with Gasteiger partial charge < -0.3 is 8.94 Å². The van der Waals surface area contributed by atoms with Crippen molar-refractivity contribution < 1.29 is 8.94 Å². The number of rotatable bonds is 4. The third-order valence-corrected chi connectivity index (χ3v) is 3.11. The van der Waals surface area contributed by atoms with Gasteiger partial charge in [0.2, 0.25) is 16.9 Å². The number of aryl methyl sites for hydroxylation is 1.